The van der Waals surface area contributed by atoms with Crippen LogP contribution in [0.5, 0.6) is 5.75 Å². The van der Waals surface area contributed by atoms with Crippen molar-refractivity contribution < 1.29 is 4.74 Å². The van der Waals surface area contributed by atoms with Crippen molar-refractivity contribution in [1.29, 1.82) is 0 Å². The molecule has 0 spiro atoms. The number of benzene rings is 1. The first-order valence-electron chi connectivity index (χ1n) is 5.28. The smallest absolute Gasteiger partial charge is 0.183 e. The average molecular weight is 250 g/mol. The van der Waals surface area contributed by atoms with E-state index in [0.717, 1.165) is 22.2 Å². The molecule has 3 N–H and O–H groups in total. The van der Waals surface area contributed by atoms with Crippen molar-refractivity contribution in [2.75, 3.05) is 12.4 Å². The molecule has 0 aliphatic heterocycles. The number of thioether (sulfide) groups is 1. The number of ether oxygens (including phenoxy) is 1. The van der Waals surface area contributed by atoms with Gasteiger partial charge in [-0.3, -0.25) is 5.10 Å². The molecule has 0 radical (unpaired) electrons. The molecule has 0 fully saturated rings. The Morgan fingerprint density at radius 3 is 2.76 bits per heavy atom. The third-order valence-corrected chi connectivity index (χ3v) is 2.98. The van der Waals surface area contributed by atoms with Crippen molar-refractivity contribution in [2.24, 2.45) is 5.73 Å². The third kappa shape index (κ3) is 3.76. The fraction of sp³-hybridized carbons (Fsp3) is 0.273. The van der Waals surface area contributed by atoms with Gasteiger partial charge in [-0.05, 0) is 17.7 Å². The first-order valence-corrected chi connectivity index (χ1v) is 6.27. The number of hydrogen-bond donors (Lipinski definition) is 2. The highest BCUT2D eigenvalue weighted by atomic mass is 32.2. The normalized spacial score (nSPS) is 10.4. The second-order valence-corrected chi connectivity index (χ2v) is 4.42. The number of aromatic amines is 1. The van der Waals surface area contributed by atoms with E-state index >= 15 is 0 Å². The zero-order valence-electron chi connectivity index (χ0n) is 9.30. The summed E-state index contributed by atoms with van der Waals surface area (Å²) in [6.07, 6.45) is 1.49. The van der Waals surface area contributed by atoms with Gasteiger partial charge >= 0.3 is 0 Å². The second kappa shape index (κ2) is 6.27. The monoisotopic (exact) mass is 250 g/mol. The van der Waals surface area contributed by atoms with E-state index in [1.54, 1.807) is 11.8 Å². The van der Waals surface area contributed by atoms with Gasteiger partial charge in [-0.15, -0.1) is 0 Å². The Hall–Kier alpha value is -1.53. The van der Waals surface area contributed by atoms with Gasteiger partial charge in [0.25, 0.3) is 0 Å². The molecule has 2 aromatic rings. The van der Waals surface area contributed by atoms with Gasteiger partial charge in [-0.1, -0.05) is 23.9 Å². The molecule has 0 amide bonds. The van der Waals surface area contributed by atoms with Crippen LogP contribution < -0.4 is 10.5 Å². The summed E-state index contributed by atoms with van der Waals surface area (Å²) in [6, 6.07) is 7.81. The fourth-order valence-corrected chi connectivity index (χ4v) is 1.88. The number of nitrogens with one attached hydrogen (secondary N) is 1. The maximum Gasteiger partial charge on any atom is 0.183 e. The molecular weight excluding hydrogens is 236 g/mol. The van der Waals surface area contributed by atoms with Gasteiger partial charge in [0.1, 0.15) is 12.1 Å². The Kier molecular flexibility index (Phi) is 4.40. The summed E-state index contributed by atoms with van der Waals surface area (Å²) in [5, 5.41) is 7.36. The summed E-state index contributed by atoms with van der Waals surface area (Å²) in [7, 11) is 0. The van der Waals surface area contributed by atoms with Crippen LogP contribution in [0.15, 0.2) is 35.7 Å². The Labute approximate surface area is 104 Å². The zero-order chi connectivity index (χ0) is 11.9. The summed E-state index contributed by atoms with van der Waals surface area (Å²) < 4.78 is 5.58. The summed E-state index contributed by atoms with van der Waals surface area (Å²) in [5.41, 5.74) is 6.62. The molecule has 1 heterocycles. The SMILES string of the molecule is NCc1ccc(OCCSc2ncn[nH]2)cc1. The van der Waals surface area contributed by atoms with Crippen molar-refractivity contribution in [2.45, 2.75) is 11.7 Å². The molecule has 5 nitrogen and oxygen atoms in total. The van der Waals surface area contributed by atoms with Gasteiger partial charge in [0.15, 0.2) is 5.16 Å². The van der Waals surface area contributed by atoms with Crippen LogP contribution in [0.2, 0.25) is 0 Å². The molecule has 0 bridgehead atoms. The van der Waals surface area contributed by atoms with Crippen LogP contribution in [0.4, 0.5) is 0 Å². The number of H-pyrrole nitrogens is 1. The van der Waals surface area contributed by atoms with E-state index in [0.29, 0.717) is 13.2 Å². The lowest BCUT2D eigenvalue weighted by atomic mass is 10.2. The first kappa shape index (κ1) is 11.9. The van der Waals surface area contributed by atoms with E-state index in [1.165, 1.54) is 6.33 Å². The van der Waals surface area contributed by atoms with Gasteiger partial charge in [0, 0.05) is 12.3 Å². The number of aromatic nitrogens is 3. The lowest BCUT2D eigenvalue weighted by Crippen LogP contribution is -2.01. The predicted molar refractivity (Wildman–Crippen MR) is 66.9 cm³/mol. The minimum absolute atomic E-state index is 0.557. The van der Waals surface area contributed by atoms with Crippen LogP contribution in [0.25, 0.3) is 0 Å². The van der Waals surface area contributed by atoms with Crippen LogP contribution in [-0.2, 0) is 6.54 Å². The Morgan fingerprint density at radius 2 is 2.12 bits per heavy atom. The van der Waals surface area contributed by atoms with E-state index in [1.807, 2.05) is 24.3 Å². The zero-order valence-corrected chi connectivity index (χ0v) is 10.1. The number of nitrogens with zero attached hydrogens (tertiary/aromatic N) is 2. The first-order chi connectivity index (χ1) is 8.38. The summed E-state index contributed by atoms with van der Waals surface area (Å²) in [6.45, 7) is 1.19. The topological polar surface area (TPSA) is 76.8 Å². The lowest BCUT2D eigenvalue weighted by molar-refractivity contribution is 0.344. The summed E-state index contributed by atoms with van der Waals surface area (Å²) >= 11 is 1.58. The maximum atomic E-state index is 5.58. The van der Waals surface area contributed by atoms with Crippen LogP contribution in [0, 0.1) is 0 Å². The molecule has 0 saturated heterocycles. The van der Waals surface area contributed by atoms with Crippen molar-refractivity contribution in [3.63, 3.8) is 0 Å². The highest BCUT2D eigenvalue weighted by Crippen LogP contribution is 2.14. The number of nitrogens with two attached hydrogens (primary N) is 1. The molecule has 6 heteroatoms. The molecule has 0 aliphatic rings. The predicted octanol–water partition coefficient (Wildman–Crippen LogP) is 1.43. The van der Waals surface area contributed by atoms with E-state index in [9.17, 15) is 0 Å². The standard InChI is InChI=1S/C11H14N4OS/c12-7-9-1-3-10(4-2-9)16-5-6-17-11-13-8-14-15-11/h1-4,8H,5-7,12H2,(H,13,14,15). The quantitative estimate of drug-likeness (QED) is 0.599. The van der Waals surface area contributed by atoms with Gasteiger partial charge in [0.2, 0.25) is 0 Å². The average Bonchev–Trinajstić information content (AvgIpc) is 2.88. The van der Waals surface area contributed by atoms with Gasteiger partial charge in [0.05, 0.1) is 6.61 Å². The Morgan fingerprint density at radius 1 is 1.29 bits per heavy atom. The van der Waals surface area contributed by atoms with Crippen LogP contribution in [-0.4, -0.2) is 27.5 Å². The van der Waals surface area contributed by atoms with Crippen molar-refractivity contribution in [3.05, 3.63) is 36.2 Å². The van der Waals surface area contributed by atoms with E-state index in [2.05, 4.69) is 15.2 Å². The van der Waals surface area contributed by atoms with Crippen molar-refractivity contribution >= 4 is 11.8 Å². The molecule has 0 unspecified atom stereocenters. The van der Waals surface area contributed by atoms with Crippen LogP contribution in [0.3, 0.4) is 0 Å². The lowest BCUT2D eigenvalue weighted by Gasteiger charge is -2.05. The summed E-state index contributed by atoms with van der Waals surface area (Å²) in [4.78, 5) is 4.01. The van der Waals surface area contributed by atoms with Crippen LogP contribution >= 0.6 is 11.8 Å². The molecule has 1 aromatic heterocycles. The molecular formula is C11H14N4OS. The van der Waals surface area contributed by atoms with E-state index in [4.69, 9.17) is 10.5 Å². The largest absolute Gasteiger partial charge is 0.493 e. The maximum absolute atomic E-state index is 5.58. The summed E-state index contributed by atoms with van der Waals surface area (Å²) in [5.74, 6) is 1.69. The van der Waals surface area contributed by atoms with Crippen LogP contribution in [0.1, 0.15) is 5.56 Å². The Bertz CT molecular complexity index is 429. The van der Waals surface area contributed by atoms with Gasteiger partial charge in [-0.25, -0.2) is 4.98 Å². The highest BCUT2D eigenvalue weighted by molar-refractivity contribution is 7.99. The molecule has 0 atom stereocenters. The molecule has 2 rings (SSSR count). The van der Waals surface area contributed by atoms with Crippen molar-refractivity contribution in [3.8, 4) is 5.75 Å². The Balaban J connectivity index is 1.70. The third-order valence-electron chi connectivity index (χ3n) is 2.14. The van der Waals surface area contributed by atoms with E-state index in [-0.39, 0.29) is 0 Å². The van der Waals surface area contributed by atoms with Crippen molar-refractivity contribution in [1.82, 2.24) is 15.2 Å². The molecule has 17 heavy (non-hydrogen) atoms. The van der Waals surface area contributed by atoms with Gasteiger partial charge < -0.3 is 10.5 Å². The highest BCUT2D eigenvalue weighted by Gasteiger charge is 1.97. The molecule has 0 saturated carbocycles. The van der Waals surface area contributed by atoms with Gasteiger partial charge in [-0.2, -0.15) is 5.10 Å². The fourth-order valence-electron chi connectivity index (χ4n) is 1.28. The van der Waals surface area contributed by atoms with E-state index < -0.39 is 0 Å². The number of hydrogen-bond acceptors (Lipinski definition) is 5. The molecule has 0 aliphatic carbocycles. The minimum Gasteiger partial charge on any atom is -0.493 e. The molecule has 90 valence electrons. The minimum atomic E-state index is 0.557. The second-order valence-electron chi connectivity index (χ2n) is 3.34. The molecule has 1 aromatic carbocycles. The number of rotatable bonds is 6.